The molecule has 0 aliphatic rings. The van der Waals surface area contributed by atoms with Gasteiger partial charge < -0.3 is 0 Å². The van der Waals surface area contributed by atoms with Gasteiger partial charge in [0.05, 0.1) is 5.38 Å². The molecule has 2 aromatic rings. The molecule has 0 nitrogen and oxygen atoms in total. The average molecular weight is 263 g/mol. The molecule has 0 saturated heterocycles. The first-order chi connectivity index (χ1) is 8.59. The van der Waals surface area contributed by atoms with Crippen LogP contribution in [0.1, 0.15) is 34.9 Å². The summed E-state index contributed by atoms with van der Waals surface area (Å²) in [6, 6.07) is 15.2. The average Bonchev–Trinajstić information content (AvgIpc) is 2.41. The standard InChI is InChI=1S/C16H16ClF/c1-11-10-14(8-9-15(11)18)16(17)12(2)13-6-4-3-5-7-13/h3-10,12,16H,1-2H3. The van der Waals surface area contributed by atoms with E-state index in [-0.39, 0.29) is 17.1 Å². The molecule has 0 aliphatic carbocycles. The monoisotopic (exact) mass is 262 g/mol. The van der Waals surface area contributed by atoms with Gasteiger partial charge in [-0.3, -0.25) is 0 Å². The van der Waals surface area contributed by atoms with Crippen LogP contribution in [-0.2, 0) is 0 Å². The summed E-state index contributed by atoms with van der Waals surface area (Å²) in [6.45, 7) is 3.85. The van der Waals surface area contributed by atoms with E-state index in [9.17, 15) is 4.39 Å². The summed E-state index contributed by atoms with van der Waals surface area (Å²) in [7, 11) is 0. The zero-order valence-corrected chi connectivity index (χ0v) is 11.3. The zero-order chi connectivity index (χ0) is 13.1. The van der Waals surface area contributed by atoms with Crippen LogP contribution in [0.3, 0.4) is 0 Å². The second-order valence-corrected chi connectivity index (χ2v) is 5.08. The number of rotatable bonds is 3. The van der Waals surface area contributed by atoms with Crippen LogP contribution in [0.15, 0.2) is 48.5 Å². The molecule has 18 heavy (non-hydrogen) atoms. The first kappa shape index (κ1) is 13.1. The Morgan fingerprint density at radius 2 is 1.67 bits per heavy atom. The van der Waals surface area contributed by atoms with Gasteiger partial charge in [0.2, 0.25) is 0 Å². The van der Waals surface area contributed by atoms with Crippen molar-refractivity contribution in [3.8, 4) is 0 Å². The van der Waals surface area contributed by atoms with Crippen LogP contribution in [0.4, 0.5) is 4.39 Å². The van der Waals surface area contributed by atoms with Crippen molar-refractivity contribution in [3.05, 3.63) is 71.0 Å². The van der Waals surface area contributed by atoms with Crippen molar-refractivity contribution in [2.75, 3.05) is 0 Å². The smallest absolute Gasteiger partial charge is 0.126 e. The highest BCUT2D eigenvalue weighted by atomic mass is 35.5. The fraction of sp³-hybridized carbons (Fsp3) is 0.250. The number of aryl methyl sites for hydroxylation is 1. The molecular formula is C16H16ClF. The molecule has 0 bridgehead atoms. The van der Waals surface area contributed by atoms with Gasteiger partial charge in [-0.25, -0.2) is 4.39 Å². The van der Waals surface area contributed by atoms with Gasteiger partial charge in [-0.2, -0.15) is 0 Å². The Bertz CT molecular complexity index is 522. The Hall–Kier alpha value is -1.34. The Morgan fingerprint density at radius 1 is 1.00 bits per heavy atom. The van der Waals surface area contributed by atoms with Crippen LogP contribution in [0.5, 0.6) is 0 Å². The molecule has 0 N–H and O–H groups in total. The van der Waals surface area contributed by atoms with Gasteiger partial charge in [0.1, 0.15) is 5.82 Å². The third-order valence-electron chi connectivity index (χ3n) is 3.26. The fourth-order valence-electron chi connectivity index (χ4n) is 2.05. The van der Waals surface area contributed by atoms with Gasteiger partial charge in [0.25, 0.3) is 0 Å². The molecule has 94 valence electrons. The molecule has 0 saturated carbocycles. The van der Waals surface area contributed by atoms with Crippen molar-refractivity contribution in [1.29, 1.82) is 0 Å². The molecular weight excluding hydrogens is 247 g/mol. The van der Waals surface area contributed by atoms with Crippen LogP contribution < -0.4 is 0 Å². The van der Waals surface area contributed by atoms with Crippen LogP contribution in [0.2, 0.25) is 0 Å². The molecule has 0 aliphatic heterocycles. The summed E-state index contributed by atoms with van der Waals surface area (Å²) in [5.74, 6) is 0.00714. The number of hydrogen-bond donors (Lipinski definition) is 0. The SMILES string of the molecule is Cc1cc(C(Cl)C(C)c2ccccc2)ccc1F. The van der Waals surface area contributed by atoms with E-state index >= 15 is 0 Å². The second-order valence-electron chi connectivity index (χ2n) is 4.61. The largest absolute Gasteiger partial charge is 0.207 e. The van der Waals surface area contributed by atoms with Gasteiger partial charge in [-0.15, -0.1) is 11.6 Å². The third kappa shape index (κ3) is 2.73. The third-order valence-corrected chi connectivity index (χ3v) is 3.89. The van der Waals surface area contributed by atoms with Crippen LogP contribution in [0, 0.1) is 12.7 Å². The molecule has 0 amide bonds. The van der Waals surface area contributed by atoms with Crippen molar-refractivity contribution in [3.63, 3.8) is 0 Å². The molecule has 2 unspecified atom stereocenters. The van der Waals surface area contributed by atoms with E-state index in [2.05, 4.69) is 19.1 Å². The molecule has 2 aromatic carbocycles. The molecule has 0 spiro atoms. The van der Waals surface area contributed by atoms with E-state index in [4.69, 9.17) is 11.6 Å². The van der Waals surface area contributed by atoms with Crippen molar-refractivity contribution < 1.29 is 4.39 Å². The summed E-state index contributed by atoms with van der Waals surface area (Å²) >= 11 is 6.49. The van der Waals surface area contributed by atoms with Crippen LogP contribution in [-0.4, -0.2) is 0 Å². The van der Waals surface area contributed by atoms with Gasteiger partial charge in [0.15, 0.2) is 0 Å². The van der Waals surface area contributed by atoms with Gasteiger partial charge in [0, 0.05) is 5.92 Å². The molecule has 2 atom stereocenters. The van der Waals surface area contributed by atoms with E-state index in [0.717, 1.165) is 5.56 Å². The minimum atomic E-state index is -0.185. The van der Waals surface area contributed by atoms with Crippen LogP contribution >= 0.6 is 11.6 Å². The van der Waals surface area contributed by atoms with Crippen molar-refractivity contribution in [2.24, 2.45) is 0 Å². The lowest BCUT2D eigenvalue weighted by atomic mass is 9.92. The first-order valence-electron chi connectivity index (χ1n) is 6.04. The number of benzene rings is 2. The lowest BCUT2D eigenvalue weighted by Gasteiger charge is -2.19. The zero-order valence-electron chi connectivity index (χ0n) is 10.5. The predicted octanol–water partition coefficient (Wildman–Crippen LogP) is 5.22. The molecule has 0 fully saturated rings. The quantitative estimate of drug-likeness (QED) is 0.666. The van der Waals surface area contributed by atoms with E-state index < -0.39 is 0 Å². The minimum absolute atomic E-state index is 0.147. The van der Waals surface area contributed by atoms with Gasteiger partial charge >= 0.3 is 0 Å². The van der Waals surface area contributed by atoms with E-state index in [1.165, 1.54) is 11.6 Å². The maximum absolute atomic E-state index is 13.2. The number of halogens is 2. The Balaban J connectivity index is 2.25. The Morgan fingerprint density at radius 3 is 2.28 bits per heavy atom. The van der Waals surface area contributed by atoms with Crippen molar-refractivity contribution >= 4 is 11.6 Å². The second kappa shape index (κ2) is 5.53. The Labute approximate surface area is 112 Å². The first-order valence-corrected chi connectivity index (χ1v) is 6.48. The van der Waals surface area contributed by atoms with Crippen LogP contribution in [0.25, 0.3) is 0 Å². The summed E-state index contributed by atoms with van der Waals surface area (Å²) in [4.78, 5) is 0. The topological polar surface area (TPSA) is 0 Å². The summed E-state index contributed by atoms with van der Waals surface area (Å²) < 4.78 is 13.2. The Kier molecular flexibility index (Phi) is 4.03. The lowest BCUT2D eigenvalue weighted by molar-refractivity contribution is 0.616. The molecule has 0 heterocycles. The summed E-state index contributed by atoms with van der Waals surface area (Å²) in [6.07, 6.45) is 0. The molecule has 0 aromatic heterocycles. The number of alkyl halides is 1. The molecule has 2 heteroatoms. The normalized spacial score (nSPS) is 14.2. The van der Waals surface area contributed by atoms with Crippen molar-refractivity contribution in [1.82, 2.24) is 0 Å². The molecule has 0 radical (unpaired) electrons. The highest BCUT2D eigenvalue weighted by Gasteiger charge is 2.18. The van der Waals surface area contributed by atoms with E-state index in [1.807, 2.05) is 24.3 Å². The maximum Gasteiger partial charge on any atom is 0.126 e. The molecule has 2 rings (SSSR count). The minimum Gasteiger partial charge on any atom is -0.207 e. The number of hydrogen-bond acceptors (Lipinski definition) is 0. The van der Waals surface area contributed by atoms with E-state index in [1.54, 1.807) is 13.0 Å². The fourth-order valence-corrected chi connectivity index (χ4v) is 2.33. The summed E-state index contributed by atoms with van der Waals surface area (Å²) in [5.41, 5.74) is 2.80. The maximum atomic E-state index is 13.2. The highest BCUT2D eigenvalue weighted by Crippen LogP contribution is 2.36. The highest BCUT2D eigenvalue weighted by molar-refractivity contribution is 6.21. The van der Waals surface area contributed by atoms with E-state index in [0.29, 0.717) is 5.56 Å². The predicted molar refractivity (Wildman–Crippen MR) is 74.6 cm³/mol. The summed E-state index contributed by atoms with van der Waals surface area (Å²) in [5, 5.41) is -0.147. The van der Waals surface area contributed by atoms with Gasteiger partial charge in [-0.1, -0.05) is 49.4 Å². The van der Waals surface area contributed by atoms with Gasteiger partial charge in [-0.05, 0) is 29.7 Å². The lowest BCUT2D eigenvalue weighted by Crippen LogP contribution is -2.03. The van der Waals surface area contributed by atoms with Crippen molar-refractivity contribution in [2.45, 2.75) is 25.1 Å².